The molecule has 1 amide bonds. The van der Waals surface area contributed by atoms with Crippen LogP contribution in [0.5, 0.6) is 6.01 Å². The Morgan fingerprint density at radius 2 is 1.90 bits per heavy atom. The van der Waals surface area contributed by atoms with Gasteiger partial charge in [-0.05, 0) is 63.4 Å². The number of carbonyl (C=O) groups is 1. The Morgan fingerprint density at radius 1 is 1.15 bits per heavy atom. The van der Waals surface area contributed by atoms with Crippen molar-refractivity contribution in [3.8, 4) is 17.1 Å². The van der Waals surface area contributed by atoms with Gasteiger partial charge in [0.2, 0.25) is 5.91 Å². The fraction of sp³-hybridized carbons (Fsp3) is 0.500. The molecule has 2 atom stereocenters. The van der Waals surface area contributed by atoms with Gasteiger partial charge in [0.1, 0.15) is 23.8 Å². The van der Waals surface area contributed by atoms with Crippen LogP contribution < -0.4 is 20.7 Å². The number of hydrogen-bond donors (Lipinski definition) is 2. The molecule has 4 aliphatic rings. The maximum absolute atomic E-state index is 16.9. The summed E-state index contributed by atoms with van der Waals surface area (Å²) in [6.45, 7) is 3.58. The maximum atomic E-state index is 16.9. The molecular weight excluding hydrogens is 655 g/mol. The topological polar surface area (TPSA) is 123 Å². The quantitative estimate of drug-likeness (QED) is 0.208. The van der Waals surface area contributed by atoms with Crippen molar-refractivity contribution in [2.45, 2.75) is 55.9 Å². The molecule has 8 rings (SSSR count). The number of likely N-dealkylation sites (N-methyl/N-ethyl adjacent to an activating group) is 1. The van der Waals surface area contributed by atoms with E-state index < -0.39 is 28.9 Å². The molecule has 2 aromatic heterocycles. The number of halogens is 5. The van der Waals surface area contributed by atoms with Gasteiger partial charge in [0.25, 0.3) is 0 Å². The van der Waals surface area contributed by atoms with Gasteiger partial charge in [0.05, 0.1) is 27.4 Å². The molecule has 2 aromatic carbocycles. The zero-order valence-electron chi connectivity index (χ0n) is 26.0. The molecule has 16 heteroatoms. The number of fused-ring (bicyclic) bond motifs is 3. The van der Waals surface area contributed by atoms with Crippen molar-refractivity contribution in [3.05, 3.63) is 35.4 Å². The van der Waals surface area contributed by atoms with E-state index >= 15 is 4.39 Å². The Morgan fingerprint density at radius 3 is 2.60 bits per heavy atom. The first-order valence-corrected chi connectivity index (χ1v) is 16.8. The summed E-state index contributed by atoms with van der Waals surface area (Å²) in [5, 5.41) is 2.78. The molecule has 254 valence electrons. The fourth-order valence-corrected chi connectivity index (χ4v) is 8.51. The van der Waals surface area contributed by atoms with E-state index in [-0.39, 0.29) is 73.8 Å². The van der Waals surface area contributed by atoms with E-state index in [0.29, 0.717) is 26.1 Å². The third-order valence-electron chi connectivity index (χ3n) is 10.3. The minimum Gasteiger partial charge on any atom is -0.461 e. The van der Waals surface area contributed by atoms with Gasteiger partial charge in [-0.25, -0.2) is 13.8 Å². The number of carbonyl (C=O) groups excluding carboxylic acids is 1. The summed E-state index contributed by atoms with van der Waals surface area (Å²) < 4.78 is 82.3. The lowest BCUT2D eigenvalue weighted by molar-refractivity contribution is -0.137. The molecule has 4 aromatic rings. The standard InChI is InChI=1S/C32H33F5N8O2S/c1-43(16-6-11-44(14-16)28(46)21-13-39-21)27-18-12-19(32(35,36)37)22(17-4-5-20(33)26-25(17)40-29(38)48-26)23(34)24(18)41-30(42-27)47-15-31-7-2-9-45(31)10-3-8-31/h4-5,12,16,21,39H,2-3,6-11,13-15H2,1H3,(H2,38,40)/t16-,21?/m1/s1. The number of rotatable bonds is 7. The highest BCUT2D eigenvalue weighted by Gasteiger charge is 2.45. The summed E-state index contributed by atoms with van der Waals surface area (Å²) >= 11 is 0.766. The Hall–Kier alpha value is -3.89. The monoisotopic (exact) mass is 688 g/mol. The number of nitrogens with one attached hydrogen (secondary N) is 1. The van der Waals surface area contributed by atoms with Crippen LogP contribution in [-0.4, -0.2) is 94.7 Å². The first-order valence-electron chi connectivity index (χ1n) is 16.0. The van der Waals surface area contributed by atoms with E-state index in [0.717, 1.165) is 68.3 Å². The molecule has 0 bridgehead atoms. The van der Waals surface area contributed by atoms with Gasteiger partial charge in [-0.1, -0.05) is 11.3 Å². The molecular formula is C32H33F5N8O2S. The molecule has 48 heavy (non-hydrogen) atoms. The van der Waals surface area contributed by atoms with Gasteiger partial charge in [-0.2, -0.15) is 23.1 Å². The SMILES string of the molecule is CN(c1nc(OCC23CCCN2CCC3)nc2c(F)c(-c3ccc(F)c4sc(N)nc34)c(C(F)(F)F)cc12)[C@@H]1CCN(C(=O)C2CN2)C1. The number of amides is 1. The van der Waals surface area contributed by atoms with E-state index in [1.165, 1.54) is 0 Å². The number of nitrogen functional groups attached to an aromatic ring is 1. The van der Waals surface area contributed by atoms with Crippen LogP contribution in [0.4, 0.5) is 32.9 Å². The first kappa shape index (κ1) is 31.4. The van der Waals surface area contributed by atoms with Crippen molar-refractivity contribution in [1.82, 2.24) is 30.1 Å². The zero-order valence-corrected chi connectivity index (χ0v) is 26.9. The van der Waals surface area contributed by atoms with Crippen molar-refractivity contribution < 1.29 is 31.5 Å². The lowest BCUT2D eigenvalue weighted by Crippen LogP contribution is -2.43. The van der Waals surface area contributed by atoms with Crippen LogP contribution in [-0.2, 0) is 11.0 Å². The smallest absolute Gasteiger partial charge is 0.417 e. The van der Waals surface area contributed by atoms with E-state index in [9.17, 15) is 22.4 Å². The minimum atomic E-state index is -5.01. The van der Waals surface area contributed by atoms with E-state index in [2.05, 4.69) is 25.2 Å². The molecule has 0 spiro atoms. The van der Waals surface area contributed by atoms with Crippen LogP contribution in [0, 0.1) is 11.6 Å². The molecule has 0 aliphatic carbocycles. The Bertz CT molecular complexity index is 1940. The minimum absolute atomic E-state index is 0.0252. The number of thiazole rings is 1. The Balaban J connectivity index is 1.28. The third-order valence-corrected chi connectivity index (χ3v) is 11.2. The second kappa shape index (κ2) is 11.3. The average molecular weight is 689 g/mol. The number of ether oxygens (including phenoxy) is 1. The van der Waals surface area contributed by atoms with E-state index in [1.54, 1.807) is 16.8 Å². The summed E-state index contributed by atoms with van der Waals surface area (Å²) in [6, 6.07) is 2.22. The van der Waals surface area contributed by atoms with Crippen LogP contribution in [0.3, 0.4) is 0 Å². The van der Waals surface area contributed by atoms with Crippen LogP contribution in [0.15, 0.2) is 18.2 Å². The van der Waals surface area contributed by atoms with Crippen molar-refractivity contribution >= 4 is 49.3 Å². The predicted molar refractivity (Wildman–Crippen MR) is 171 cm³/mol. The second-order valence-corrected chi connectivity index (χ2v) is 14.2. The Labute approximate surface area is 276 Å². The maximum Gasteiger partial charge on any atom is 0.417 e. The van der Waals surface area contributed by atoms with Crippen molar-refractivity contribution in [2.24, 2.45) is 0 Å². The second-order valence-electron chi connectivity index (χ2n) is 13.2. The van der Waals surface area contributed by atoms with Crippen LogP contribution >= 0.6 is 11.3 Å². The van der Waals surface area contributed by atoms with Crippen LogP contribution in [0.2, 0.25) is 0 Å². The fourth-order valence-electron chi connectivity index (χ4n) is 7.75. The van der Waals surface area contributed by atoms with Gasteiger partial charge in [-0.3, -0.25) is 9.69 Å². The first-order chi connectivity index (χ1) is 22.9. The number of nitrogens with zero attached hydrogens (tertiary/aromatic N) is 6. The highest BCUT2D eigenvalue weighted by atomic mass is 32.1. The summed E-state index contributed by atoms with van der Waals surface area (Å²) in [7, 11) is 1.68. The van der Waals surface area contributed by atoms with Crippen molar-refractivity contribution in [1.29, 1.82) is 0 Å². The number of anilines is 2. The lowest BCUT2D eigenvalue weighted by atomic mass is 9.95. The van der Waals surface area contributed by atoms with Gasteiger partial charge < -0.3 is 25.6 Å². The molecule has 4 aliphatic heterocycles. The van der Waals surface area contributed by atoms with Crippen LogP contribution in [0.25, 0.3) is 32.2 Å². The van der Waals surface area contributed by atoms with Gasteiger partial charge >= 0.3 is 12.2 Å². The molecule has 10 nitrogen and oxygen atoms in total. The number of aromatic nitrogens is 3. The molecule has 3 N–H and O–H groups in total. The molecule has 6 heterocycles. The number of likely N-dealkylation sites (tertiary alicyclic amines) is 1. The third kappa shape index (κ3) is 5.19. The Kier molecular flexibility index (Phi) is 7.41. The summed E-state index contributed by atoms with van der Waals surface area (Å²) in [6.07, 6.45) is -0.567. The highest BCUT2D eigenvalue weighted by Crippen LogP contribution is 2.46. The molecule has 4 saturated heterocycles. The molecule has 1 unspecified atom stereocenters. The molecule has 0 saturated carbocycles. The van der Waals surface area contributed by atoms with Gasteiger partial charge in [0, 0.05) is 49.2 Å². The van der Waals surface area contributed by atoms with Crippen molar-refractivity contribution in [3.63, 3.8) is 0 Å². The average Bonchev–Trinajstić information content (AvgIpc) is 3.34. The summed E-state index contributed by atoms with van der Waals surface area (Å²) in [5.74, 6) is -1.95. The van der Waals surface area contributed by atoms with Gasteiger partial charge in [0.15, 0.2) is 10.9 Å². The number of benzene rings is 2. The van der Waals surface area contributed by atoms with E-state index in [4.69, 9.17) is 10.5 Å². The van der Waals surface area contributed by atoms with E-state index in [1.807, 2.05) is 0 Å². The normalized spacial score (nSPS) is 22.2. The number of nitrogens with two attached hydrogens (primary N) is 1. The number of hydrogen-bond acceptors (Lipinski definition) is 10. The zero-order chi connectivity index (χ0) is 33.5. The predicted octanol–water partition coefficient (Wildman–Crippen LogP) is 4.80. The van der Waals surface area contributed by atoms with Crippen molar-refractivity contribution in [2.75, 3.05) is 57.0 Å². The lowest BCUT2D eigenvalue weighted by Gasteiger charge is -2.32. The van der Waals surface area contributed by atoms with Crippen LogP contribution in [0.1, 0.15) is 37.7 Å². The van der Waals surface area contributed by atoms with Gasteiger partial charge in [-0.15, -0.1) is 0 Å². The summed E-state index contributed by atoms with van der Waals surface area (Å²) in [5.41, 5.74) is 2.72. The molecule has 0 radical (unpaired) electrons. The number of alkyl halides is 3. The molecule has 4 fully saturated rings. The largest absolute Gasteiger partial charge is 0.461 e. The highest BCUT2D eigenvalue weighted by molar-refractivity contribution is 7.22. The summed E-state index contributed by atoms with van der Waals surface area (Å²) in [4.78, 5) is 31.6.